The second-order valence-electron chi connectivity index (χ2n) is 4.02. The van der Waals surface area contributed by atoms with Crippen molar-refractivity contribution < 1.29 is 18.0 Å². The lowest BCUT2D eigenvalue weighted by Crippen LogP contribution is -2.51. The average Bonchev–Trinajstić information content (AvgIpc) is 2.18. The van der Waals surface area contributed by atoms with Gasteiger partial charge in [0.15, 0.2) is 0 Å². The highest BCUT2D eigenvalue weighted by Crippen LogP contribution is 2.26. The van der Waals surface area contributed by atoms with Gasteiger partial charge in [-0.3, -0.25) is 9.69 Å². The Balaban J connectivity index is 2.51. The third kappa shape index (κ3) is 3.34. The van der Waals surface area contributed by atoms with Gasteiger partial charge in [0.2, 0.25) is 5.91 Å². The number of nitrogens with zero attached hydrogens (tertiary/aromatic N) is 2. The molecule has 7 heteroatoms. The molecular weight excluding hydrogens is 223 g/mol. The molecule has 1 amide bonds. The molecule has 0 saturated carbocycles. The van der Waals surface area contributed by atoms with Crippen LogP contribution in [0.1, 0.15) is 0 Å². The van der Waals surface area contributed by atoms with Crippen LogP contribution in [-0.4, -0.2) is 61.7 Å². The summed E-state index contributed by atoms with van der Waals surface area (Å²) < 4.78 is 37.3. The Morgan fingerprint density at radius 2 is 2.06 bits per heavy atom. The van der Waals surface area contributed by atoms with Crippen molar-refractivity contribution in [2.45, 2.75) is 6.18 Å². The molecule has 0 aromatic rings. The first-order chi connectivity index (χ1) is 7.34. The Morgan fingerprint density at radius 1 is 1.44 bits per heavy atom. The first-order valence-corrected chi connectivity index (χ1v) is 5.07. The van der Waals surface area contributed by atoms with E-state index in [4.69, 9.17) is 5.73 Å². The molecule has 1 aliphatic heterocycles. The van der Waals surface area contributed by atoms with Crippen molar-refractivity contribution in [3.05, 3.63) is 0 Å². The lowest BCUT2D eigenvalue weighted by Gasteiger charge is -2.34. The van der Waals surface area contributed by atoms with Crippen LogP contribution in [0.3, 0.4) is 0 Å². The summed E-state index contributed by atoms with van der Waals surface area (Å²) in [6, 6.07) is 0. The molecule has 2 N–H and O–H groups in total. The molecule has 1 fully saturated rings. The number of piperazine rings is 1. The van der Waals surface area contributed by atoms with E-state index in [1.807, 2.05) is 0 Å². The zero-order valence-corrected chi connectivity index (χ0v) is 9.13. The van der Waals surface area contributed by atoms with Crippen molar-refractivity contribution in [1.29, 1.82) is 0 Å². The quantitative estimate of drug-likeness (QED) is 0.748. The topological polar surface area (TPSA) is 49.6 Å². The van der Waals surface area contributed by atoms with E-state index in [9.17, 15) is 18.0 Å². The number of halogens is 3. The zero-order valence-electron chi connectivity index (χ0n) is 9.13. The minimum Gasteiger partial charge on any atom is -0.343 e. The van der Waals surface area contributed by atoms with Gasteiger partial charge in [0.1, 0.15) is 0 Å². The van der Waals surface area contributed by atoms with Crippen molar-refractivity contribution in [3.63, 3.8) is 0 Å². The average molecular weight is 239 g/mol. The fourth-order valence-corrected chi connectivity index (χ4v) is 1.59. The van der Waals surface area contributed by atoms with Crippen LogP contribution in [0.25, 0.3) is 0 Å². The molecule has 0 bridgehead atoms. The molecule has 1 atom stereocenters. The van der Waals surface area contributed by atoms with Crippen molar-refractivity contribution >= 4 is 5.91 Å². The number of alkyl halides is 3. The highest BCUT2D eigenvalue weighted by Gasteiger charge is 2.40. The molecule has 0 aliphatic carbocycles. The summed E-state index contributed by atoms with van der Waals surface area (Å²) in [6.45, 7) is 0.343. The summed E-state index contributed by atoms with van der Waals surface area (Å²) in [5, 5.41) is 0. The third-order valence-corrected chi connectivity index (χ3v) is 2.76. The molecule has 0 radical (unpaired) electrons. The summed E-state index contributed by atoms with van der Waals surface area (Å²) in [5.41, 5.74) is 5.10. The minimum absolute atomic E-state index is 0.0447. The number of rotatable bonds is 3. The Kier molecular flexibility index (Phi) is 4.15. The maximum Gasteiger partial charge on any atom is 0.394 e. The summed E-state index contributed by atoms with van der Waals surface area (Å²) >= 11 is 0. The molecule has 1 heterocycles. The van der Waals surface area contributed by atoms with Gasteiger partial charge >= 0.3 is 6.18 Å². The van der Waals surface area contributed by atoms with E-state index in [-0.39, 0.29) is 19.0 Å². The highest BCUT2D eigenvalue weighted by atomic mass is 19.4. The fraction of sp³-hybridized carbons (Fsp3) is 0.889. The molecule has 0 aromatic carbocycles. The van der Waals surface area contributed by atoms with Crippen LogP contribution < -0.4 is 5.73 Å². The van der Waals surface area contributed by atoms with Gasteiger partial charge in [-0.15, -0.1) is 0 Å². The zero-order chi connectivity index (χ0) is 12.3. The van der Waals surface area contributed by atoms with Gasteiger partial charge in [-0.25, -0.2) is 0 Å². The van der Waals surface area contributed by atoms with E-state index in [0.717, 1.165) is 0 Å². The molecular formula is C9H16F3N3O. The number of carbonyl (C=O) groups excluding carboxylic acids is 1. The molecule has 1 aliphatic rings. The maximum absolute atomic E-state index is 12.4. The molecule has 1 saturated heterocycles. The van der Waals surface area contributed by atoms with E-state index in [1.54, 1.807) is 7.05 Å². The van der Waals surface area contributed by atoms with Gasteiger partial charge in [-0.2, -0.15) is 13.2 Å². The fourth-order valence-electron chi connectivity index (χ4n) is 1.59. The lowest BCUT2D eigenvalue weighted by atomic mass is 10.1. The number of amides is 1. The van der Waals surface area contributed by atoms with Crippen LogP contribution in [0, 0.1) is 5.92 Å². The van der Waals surface area contributed by atoms with Gasteiger partial charge in [-0.05, 0) is 0 Å². The number of nitrogens with two attached hydrogens (primary N) is 1. The van der Waals surface area contributed by atoms with Crippen LogP contribution >= 0.6 is 0 Å². The first-order valence-electron chi connectivity index (χ1n) is 5.07. The van der Waals surface area contributed by atoms with E-state index in [1.165, 1.54) is 9.80 Å². The monoisotopic (exact) mass is 239 g/mol. The number of likely N-dealkylation sites (N-methyl/N-ethyl adjacent to an activating group) is 1. The molecule has 94 valence electrons. The summed E-state index contributed by atoms with van der Waals surface area (Å²) in [4.78, 5) is 14.3. The van der Waals surface area contributed by atoms with Crippen molar-refractivity contribution in [2.75, 3.05) is 39.8 Å². The van der Waals surface area contributed by atoms with Crippen LogP contribution in [0.2, 0.25) is 0 Å². The van der Waals surface area contributed by atoms with Crippen LogP contribution in [0.4, 0.5) is 13.2 Å². The normalized spacial score (nSPS) is 21.3. The van der Waals surface area contributed by atoms with E-state index in [2.05, 4.69) is 0 Å². The molecule has 0 spiro atoms. The largest absolute Gasteiger partial charge is 0.394 e. The molecule has 1 unspecified atom stereocenters. The number of hydrogen-bond donors (Lipinski definition) is 1. The van der Waals surface area contributed by atoms with Gasteiger partial charge in [0.05, 0.1) is 12.5 Å². The second kappa shape index (κ2) is 5.01. The van der Waals surface area contributed by atoms with Crippen molar-refractivity contribution in [1.82, 2.24) is 9.80 Å². The predicted octanol–water partition coefficient (Wildman–Crippen LogP) is -0.102. The van der Waals surface area contributed by atoms with E-state index < -0.39 is 18.6 Å². The van der Waals surface area contributed by atoms with E-state index >= 15 is 0 Å². The standard InChI is InChI=1S/C9H16F3N3O/c1-14-2-3-15(6-8(14)16)5-7(4-13)9(10,11)12/h7H,2-6,13H2,1H3. The van der Waals surface area contributed by atoms with Crippen molar-refractivity contribution in [3.8, 4) is 0 Å². The molecule has 0 aromatic heterocycles. The second-order valence-corrected chi connectivity index (χ2v) is 4.02. The molecule has 1 rings (SSSR count). The predicted molar refractivity (Wildman–Crippen MR) is 52.7 cm³/mol. The Labute approximate surface area is 92.2 Å². The Bertz CT molecular complexity index is 257. The smallest absolute Gasteiger partial charge is 0.343 e. The Morgan fingerprint density at radius 3 is 2.50 bits per heavy atom. The van der Waals surface area contributed by atoms with Crippen LogP contribution in [0.15, 0.2) is 0 Å². The lowest BCUT2D eigenvalue weighted by molar-refractivity contribution is -0.178. The summed E-state index contributed by atoms with van der Waals surface area (Å²) in [7, 11) is 1.64. The van der Waals surface area contributed by atoms with Gasteiger partial charge in [0.25, 0.3) is 0 Å². The SMILES string of the molecule is CN1CCN(CC(CN)C(F)(F)F)CC1=O. The van der Waals surface area contributed by atoms with Crippen molar-refractivity contribution in [2.24, 2.45) is 11.7 Å². The van der Waals surface area contributed by atoms with Gasteiger partial charge in [0, 0.05) is 33.2 Å². The summed E-state index contributed by atoms with van der Waals surface area (Å²) in [5.74, 6) is -1.70. The maximum atomic E-state index is 12.4. The molecule has 16 heavy (non-hydrogen) atoms. The minimum atomic E-state index is -4.29. The number of carbonyl (C=O) groups is 1. The van der Waals surface area contributed by atoms with Gasteiger partial charge < -0.3 is 10.6 Å². The summed E-state index contributed by atoms with van der Waals surface area (Å²) in [6.07, 6.45) is -4.29. The highest BCUT2D eigenvalue weighted by molar-refractivity contribution is 5.78. The van der Waals surface area contributed by atoms with Crippen LogP contribution in [-0.2, 0) is 4.79 Å². The molecule has 4 nitrogen and oxygen atoms in total. The van der Waals surface area contributed by atoms with Crippen LogP contribution in [0.5, 0.6) is 0 Å². The third-order valence-electron chi connectivity index (χ3n) is 2.76. The first kappa shape index (κ1) is 13.2. The van der Waals surface area contributed by atoms with Gasteiger partial charge in [-0.1, -0.05) is 0 Å². The van der Waals surface area contributed by atoms with E-state index in [0.29, 0.717) is 13.1 Å². The Hall–Kier alpha value is -0.820. The number of hydrogen-bond acceptors (Lipinski definition) is 3.